The summed E-state index contributed by atoms with van der Waals surface area (Å²) < 4.78 is 5.43. The minimum atomic E-state index is -0.101. The maximum Gasteiger partial charge on any atom is 0.264 e. The number of hydrogen-bond acceptors (Lipinski definition) is 5. The van der Waals surface area contributed by atoms with Crippen LogP contribution in [0.5, 0.6) is 0 Å². The molecular formula is C23H25N3O2S. The summed E-state index contributed by atoms with van der Waals surface area (Å²) in [4.78, 5) is 20.1. The van der Waals surface area contributed by atoms with Crippen molar-refractivity contribution < 1.29 is 9.53 Å². The highest BCUT2D eigenvalue weighted by Gasteiger charge is 2.24. The molecule has 0 saturated carbocycles. The molecule has 2 saturated heterocycles. The lowest BCUT2D eigenvalue weighted by atomic mass is 10.1. The number of carbonyl (C=O) groups is 1. The van der Waals surface area contributed by atoms with Crippen molar-refractivity contribution in [1.29, 1.82) is 0 Å². The SMILES string of the molecule is Cc1cc(N2CCOCC2)ccc1C=C1SC(=Nc2cccc(C)c2C)NC1=O. The molecular weight excluding hydrogens is 382 g/mol. The molecule has 2 fully saturated rings. The lowest BCUT2D eigenvalue weighted by molar-refractivity contribution is -0.115. The first kappa shape index (κ1) is 19.7. The molecule has 2 aliphatic rings. The number of rotatable bonds is 3. The molecule has 2 heterocycles. The molecule has 0 atom stereocenters. The first-order chi connectivity index (χ1) is 14.0. The molecule has 0 aliphatic carbocycles. The highest BCUT2D eigenvalue weighted by Crippen LogP contribution is 2.31. The van der Waals surface area contributed by atoms with Crippen LogP contribution < -0.4 is 10.2 Å². The number of nitrogens with zero attached hydrogens (tertiary/aromatic N) is 2. The summed E-state index contributed by atoms with van der Waals surface area (Å²) in [6, 6.07) is 12.4. The average Bonchev–Trinajstić information content (AvgIpc) is 3.06. The third kappa shape index (κ3) is 4.38. The van der Waals surface area contributed by atoms with E-state index >= 15 is 0 Å². The van der Waals surface area contributed by atoms with Crippen LogP contribution in [-0.2, 0) is 9.53 Å². The second-order valence-corrected chi connectivity index (χ2v) is 8.37. The van der Waals surface area contributed by atoms with E-state index in [-0.39, 0.29) is 5.91 Å². The van der Waals surface area contributed by atoms with E-state index in [4.69, 9.17) is 4.74 Å². The molecule has 4 rings (SSSR count). The smallest absolute Gasteiger partial charge is 0.264 e. The second kappa shape index (κ2) is 8.43. The number of benzene rings is 2. The molecule has 2 aromatic carbocycles. The largest absolute Gasteiger partial charge is 0.378 e. The highest BCUT2D eigenvalue weighted by atomic mass is 32.2. The fraction of sp³-hybridized carbons (Fsp3) is 0.304. The number of amidine groups is 1. The number of anilines is 1. The number of aryl methyl sites for hydroxylation is 2. The number of ether oxygens (including phenoxy) is 1. The Kier molecular flexibility index (Phi) is 5.74. The molecule has 29 heavy (non-hydrogen) atoms. The molecule has 2 aromatic rings. The van der Waals surface area contributed by atoms with Crippen LogP contribution in [0.25, 0.3) is 6.08 Å². The Balaban J connectivity index is 1.54. The minimum Gasteiger partial charge on any atom is -0.378 e. The van der Waals surface area contributed by atoms with Gasteiger partial charge >= 0.3 is 0 Å². The van der Waals surface area contributed by atoms with Gasteiger partial charge in [0.25, 0.3) is 5.91 Å². The van der Waals surface area contributed by atoms with E-state index in [2.05, 4.69) is 53.3 Å². The number of carbonyl (C=O) groups excluding carboxylic acids is 1. The van der Waals surface area contributed by atoms with Crippen molar-refractivity contribution in [1.82, 2.24) is 5.32 Å². The number of hydrogen-bond donors (Lipinski definition) is 1. The van der Waals surface area contributed by atoms with Gasteiger partial charge in [0.15, 0.2) is 5.17 Å². The Morgan fingerprint density at radius 3 is 2.66 bits per heavy atom. The van der Waals surface area contributed by atoms with Crippen LogP contribution in [0.4, 0.5) is 11.4 Å². The second-order valence-electron chi connectivity index (χ2n) is 7.34. The summed E-state index contributed by atoms with van der Waals surface area (Å²) in [6.45, 7) is 9.56. The minimum absolute atomic E-state index is 0.101. The van der Waals surface area contributed by atoms with Crippen LogP contribution in [-0.4, -0.2) is 37.4 Å². The molecule has 2 aliphatic heterocycles. The van der Waals surface area contributed by atoms with Gasteiger partial charge in [0.1, 0.15) is 0 Å². The lowest BCUT2D eigenvalue weighted by Crippen LogP contribution is -2.36. The summed E-state index contributed by atoms with van der Waals surface area (Å²) in [6.07, 6.45) is 1.95. The van der Waals surface area contributed by atoms with Crippen molar-refractivity contribution in [2.45, 2.75) is 20.8 Å². The summed E-state index contributed by atoms with van der Waals surface area (Å²) in [5, 5.41) is 3.51. The van der Waals surface area contributed by atoms with Crippen LogP contribution in [0.2, 0.25) is 0 Å². The van der Waals surface area contributed by atoms with E-state index in [0.717, 1.165) is 48.7 Å². The fourth-order valence-corrected chi connectivity index (χ4v) is 4.25. The van der Waals surface area contributed by atoms with E-state index in [1.807, 2.05) is 25.1 Å². The summed E-state index contributed by atoms with van der Waals surface area (Å²) in [5.74, 6) is -0.101. The zero-order valence-corrected chi connectivity index (χ0v) is 17.8. The molecule has 0 spiro atoms. The van der Waals surface area contributed by atoms with Gasteiger partial charge in [-0.2, -0.15) is 0 Å². The number of morpholine rings is 1. The van der Waals surface area contributed by atoms with Crippen LogP contribution in [0, 0.1) is 20.8 Å². The highest BCUT2D eigenvalue weighted by molar-refractivity contribution is 8.18. The predicted molar refractivity (Wildman–Crippen MR) is 121 cm³/mol. The normalized spacial score (nSPS) is 19.8. The Labute approximate surface area is 175 Å². The molecule has 0 bridgehead atoms. The molecule has 150 valence electrons. The van der Waals surface area contributed by atoms with Crippen molar-refractivity contribution in [2.24, 2.45) is 4.99 Å². The average molecular weight is 408 g/mol. The van der Waals surface area contributed by atoms with Gasteiger partial charge in [0.05, 0.1) is 23.8 Å². The lowest BCUT2D eigenvalue weighted by Gasteiger charge is -2.29. The number of aliphatic imine (C=N–C) groups is 1. The summed E-state index contributed by atoms with van der Waals surface area (Å²) in [7, 11) is 0. The van der Waals surface area contributed by atoms with Crippen molar-refractivity contribution in [3.05, 3.63) is 63.6 Å². The quantitative estimate of drug-likeness (QED) is 0.769. The Hall–Kier alpha value is -2.57. The number of thioether (sulfide) groups is 1. The van der Waals surface area contributed by atoms with E-state index in [1.165, 1.54) is 23.0 Å². The molecule has 0 aromatic heterocycles. The Bertz CT molecular complexity index is 1010. The van der Waals surface area contributed by atoms with Crippen molar-refractivity contribution in [3.63, 3.8) is 0 Å². The Morgan fingerprint density at radius 2 is 1.90 bits per heavy atom. The van der Waals surface area contributed by atoms with Crippen LogP contribution in [0.3, 0.4) is 0 Å². The zero-order valence-electron chi connectivity index (χ0n) is 17.0. The van der Waals surface area contributed by atoms with Crippen LogP contribution in [0.15, 0.2) is 46.3 Å². The van der Waals surface area contributed by atoms with Crippen LogP contribution >= 0.6 is 11.8 Å². The van der Waals surface area contributed by atoms with Crippen molar-refractivity contribution in [2.75, 3.05) is 31.2 Å². The molecule has 5 nitrogen and oxygen atoms in total. The molecule has 1 N–H and O–H groups in total. The van der Waals surface area contributed by atoms with Gasteiger partial charge in [-0.1, -0.05) is 18.2 Å². The molecule has 0 radical (unpaired) electrons. The monoisotopic (exact) mass is 407 g/mol. The van der Waals surface area contributed by atoms with E-state index in [1.54, 1.807) is 0 Å². The first-order valence-electron chi connectivity index (χ1n) is 9.80. The summed E-state index contributed by atoms with van der Waals surface area (Å²) >= 11 is 1.39. The third-order valence-corrected chi connectivity index (χ3v) is 6.27. The predicted octanol–water partition coefficient (Wildman–Crippen LogP) is 4.34. The van der Waals surface area contributed by atoms with E-state index in [0.29, 0.717) is 10.1 Å². The van der Waals surface area contributed by atoms with Crippen LogP contribution in [0.1, 0.15) is 22.3 Å². The van der Waals surface area contributed by atoms with Gasteiger partial charge in [-0.3, -0.25) is 4.79 Å². The topological polar surface area (TPSA) is 53.9 Å². The van der Waals surface area contributed by atoms with E-state index < -0.39 is 0 Å². The first-order valence-corrected chi connectivity index (χ1v) is 10.6. The number of nitrogens with one attached hydrogen (secondary N) is 1. The van der Waals surface area contributed by atoms with E-state index in [9.17, 15) is 4.79 Å². The molecule has 0 unspecified atom stereocenters. The molecule has 1 amide bonds. The van der Waals surface area contributed by atoms with Gasteiger partial charge in [-0.05, 0) is 79.1 Å². The summed E-state index contributed by atoms with van der Waals surface area (Å²) in [5.41, 5.74) is 6.60. The maximum atomic E-state index is 12.5. The third-order valence-electron chi connectivity index (χ3n) is 5.37. The zero-order chi connectivity index (χ0) is 20.4. The van der Waals surface area contributed by atoms with Gasteiger partial charge in [-0.15, -0.1) is 0 Å². The molecule has 6 heteroatoms. The van der Waals surface area contributed by atoms with Gasteiger partial charge in [-0.25, -0.2) is 4.99 Å². The standard InChI is InChI=1S/C23H25N3O2S/c1-15-5-4-6-20(17(15)3)24-23-25-22(27)21(29-23)14-18-7-8-19(13-16(18)2)26-9-11-28-12-10-26/h4-8,13-14H,9-12H2,1-3H3,(H,24,25,27). The van der Waals surface area contributed by atoms with Crippen molar-refractivity contribution >= 4 is 40.3 Å². The van der Waals surface area contributed by atoms with Crippen molar-refractivity contribution in [3.8, 4) is 0 Å². The maximum absolute atomic E-state index is 12.5. The fourth-order valence-electron chi connectivity index (χ4n) is 3.43. The van der Waals surface area contributed by atoms with Gasteiger partial charge in [0.2, 0.25) is 0 Å². The van der Waals surface area contributed by atoms with Gasteiger partial charge < -0.3 is 15.0 Å². The number of amides is 1. The Morgan fingerprint density at radius 1 is 1.10 bits per heavy atom. The van der Waals surface area contributed by atoms with Gasteiger partial charge in [0, 0.05) is 18.8 Å².